The number of aryl methyl sites for hydroxylation is 1. The minimum atomic E-state index is -3.31. The van der Waals surface area contributed by atoms with E-state index in [-0.39, 0.29) is 11.7 Å². The predicted molar refractivity (Wildman–Crippen MR) is 103 cm³/mol. The molecule has 0 bridgehead atoms. The average molecular weight is 381 g/mol. The quantitative estimate of drug-likeness (QED) is 0.725. The summed E-state index contributed by atoms with van der Waals surface area (Å²) in [7, 11) is -3.31. The van der Waals surface area contributed by atoms with Crippen molar-refractivity contribution in [2.24, 2.45) is 0 Å². The van der Waals surface area contributed by atoms with Crippen LogP contribution in [0, 0.1) is 0 Å². The van der Waals surface area contributed by atoms with Crippen molar-refractivity contribution in [1.82, 2.24) is 0 Å². The van der Waals surface area contributed by atoms with Gasteiger partial charge in [0.25, 0.3) is 0 Å². The van der Waals surface area contributed by atoms with Crippen molar-refractivity contribution >= 4 is 38.9 Å². The van der Waals surface area contributed by atoms with E-state index in [9.17, 15) is 13.2 Å². The van der Waals surface area contributed by atoms with Crippen LogP contribution in [-0.2, 0) is 21.2 Å². The van der Waals surface area contributed by atoms with Crippen LogP contribution in [0.15, 0.2) is 48.5 Å². The summed E-state index contributed by atoms with van der Waals surface area (Å²) in [5.74, 6) is -0.0488. The van der Waals surface area contributed by atoms with E-state index in [4.69, 9.17) is 11.6 Å². The third-order valence-electron chi connectivity index (χ3n) is 3.49. The molecule has 0 fully saturated rings. The molecule has 0 unspecified atom stereocenters. The normalized spacial score (nSPS) is 11.1. The Morgan fingerprint density at radius 1 is 1.04 bits per heavy atom. The third kappa shape index (κ3) is 6.40. The van der Waals surface area contributed by atoms with Gasteiger partial charge in [-0.25, -0.2) is 8.42 Å². The molecule has 7 heteroatoms. The van der Waals surface area contributed by atoms with Crippen molar-refractivity contribution in [2.75, 3.05) is 15.8 Å². The van der Waals surface area contributed by atoms with Gasteiger partial charge in [0, 0.05) is 22.8 Å². The van der Waals surface area contributed by atoms with Gasteiger partial charge < -0.3 is 5.32 Å². The molecule has 0 spiro atoms. The summed E-state index contributed by atoms with van der Waals surface area (Å²) in [4.78, 5) is 12.0. The maximum atomic E-state index is 12.0. The molecule has 0 aliphatic heterocycles. The van der Waals surface area contributed by atoms with E-state index in [1.807, 2.05) is 18.2 Å². The van der Waals surface area contributed by atoms with E-state index in [0.29, 0.717) is 35.7 Å². The van der Waals surface area contributed by atoms with Crippen molar-refractivity contribution in [2.45, 2.75) is 26.2 Å². The van der Waals surface area contributed by atoms with Gasteiger partial charge in [0.15, 0.2) is 0 Å². The van der Waals surface area contributed by atoms with Crippen LogP contribution >= 0.6 is 11.6 Å². The van der Waals surface area contributed by atoms with Gasteiger partial charge in [0.2, 0.25) is 15.9 Å². The lowest BCUT2D eigenvalue weighted by molar-refractivity contribution is -0.116. The van der Waals surface area contributed by atoms with E-state index in [0.717, 1.165) is 5.56 Å². The number of carbonyl (C=O) groups excluding carboxylic acids is 1. The molecule has 2 aromatic carbocycles. The van der Waals surface area contributed by atoms with Crippen molar-refractivity contribution in [1.29, 1.82) is 0 Å². The first-order chi connectivity index (χ1) is 11.9. The molecule has 0 aliphatic rings. The second kappa shape index (κ2) is 8.87. The van der Waals surface area contributed by atoms with Gasteiger partial charge in [-0.05, 0) is 48.7 Å². The van der Waals surface area contributed by atoms with E-state index in [2.05, 4.69) is 10.0 Å². The Labute approximate surface area is 153 Å². The Morgan fingerprint density at radius 3 is 2.32 bits per heavy atom. The van der Waals surface area contributed by atoms with Crippen LogP contribution in [0.4, 0.5) is 11.4 Å². The predicted octanol–water partition coefficient (Wildman–Crippen LogP) is 4.06. The van der Waals surface area contributed by atoms with Crippen LogP contribution in [-0.4, -0.2) is 20.1 Å². The second-order valence-electron chi connectivity index (χ2n) is 5.64. The lowest BCUT2D eigenvalue weighted by Gasteiger charge is -2.09. The Balaban J connectivity index is 1.88. The van der Waals surface area contributed by atoms with Crippen molar-refractivity contribution in [3.63, 3.8) is 0 Å². The number of hydrogen-bond donors (Lipinski definition) is 2. The lowest BCUT2D eigenvalue weighted by atomic mass is 10.1. The zero-order valence-electron chi connectivity index (χ0n) is 14.0. The van der Waals surface area contributed by atoms with Gasteiger partial charge in [0.05, 0.1) is 5.75 Å². The van der Waals surface area contributed by atoms with Gasteiger partial charge in [-0.1, -0.05) is 36.7 Å². The van der Waals surface area contributed by atoms with Crippen LogP contribution in [0.2, 0.25) is 5.02 Å². The molecule has 1 amide bonds. The Kier molecular flexibility index (Phi) is 6.84. The topological polar surface area (TPSA) is 75.3 Å². The van der Waals surface area contributed by atoms with Gasteiger partial charge in [-0.3, -0.25) is 9.52 Å². The SMILES string of the molecule is CCCS(=O)(=O)Nc1ccc(NC(=O)CCc2ccccc2Cl)cc1. The maximum Gasteiger partial charge on any atom is 0.232 e. The minimum Gasteiger partial charge on any atom is -0.326 e. The number of carbonyl (C=O) groups is 1. The van der Waals surface area contributed by atoms with Crippen LogP contribution in [0.5, 0.6) is 0 Å². The summed E-state index contributed by atoms with van der Waals surface area (Å²) in [6.07, 6.45) is 1.42. The Hall–Kier alpha value is -2.05. The van der Waals surface area contributed by atoms with E-state index < -0.39 is 10.0 Å². The van der Waals surface area contributed by atoms with E-state index in [1.54, 1.807) is 37.3 Å². The van der Waals surface area contributed by atoms with Crippen LogP contribution in [0.1, 0.15) is 25.3 Å². The van der Waals surface area contributed by atoms with Crippen LogP contribution in [0.25, 0.3) is 0 Å². The average Bonchev–Trinajstić information content (AvgIpc) is 2.55. The number of halogens is 1. The fourth-order valence-corrected chi connectivity index (χ4v) is 3.66. The molecule has 2 rings (SSSR count). The van der Waals surface area contributed by atoms with E-state index in [1.165, 1.54) is 0 Å². The largest absolute Gasteiger partial charge is 0.326 e. The zero-order valence-corrected chi connectivity index (χ0v) is 15.5. The van der Waals surface area contributed by atoms with Gasteiger partial charge in [-0.2, -0.15) is 0 Å². The van der Waals surface area contributed by atoms with Gasteiger partial charge in [-0.15, -0.1) is 0 Å². The molecule has 0 saturated carbocycles. The molecule has 2 N–H and O–H groups in total. The smallest absolute Gasteiger partial charge is 0.232 e. The molecule has 5 nitrogen and oxygen atoms in total. The number of sulfonamides is 1. The number of hydrogen-bond acceptors (Lipinski definition) is 3. The van der Waals surface area contributed by atoms with Crippen LogP contribution in [0.3, 0.4) is 0 Å². The number of amides is 1. The highest BCUT2D eigenvalue weighted by Gasteiger charge is 2.09. The Morgan fingerprint density at radius 2 is 1.68 bits per heavy atom. The lowest BCUT2D eigenvalue weighted by Crippen LogP contribution is -2.16. The molecule has 25 heavy (non-hydrogen) atoms. The first-order valence-electron chi connectivity index (χ1n) is 8.03. The highest BCUT2D eigenvalue weighted by molar-refractivity contribution is 7.92. The number of rotatable bonds is 8. The molecule has 0 aromatic heterocycles. The first-order valence-corrected chi connectivity index (χ1v) is 10.1. The monoisotopic (exact) mass is 380 g/mol. The molecular formula is C18H21ClN2O3S. The summed E-state index contributed by atoms with van der Waals surface area (Å²) in [5, 5.41) is 3.44. The summed E-state index contributed by atoms with van der Waals surface area (Å²) < 4.78 is 25.9. The molecule has 0 aliphatic carbocycles. The number of benzene rings is 2. The Bertz CT molecular complexity index is 820. The highest BCUT2D eigenvalue weighted by Crippen LogP contribution is 2.18. The fourth-order valence-electron chi connectivity index (χ4n) is 2.29. The summed E-state index contributed by atoms with van der Waals surface area (Å²) in [5.41, 5.74) is 2.02. The zero-order chi connectivity index (χ0) is 18.3. The van der Waals surface area contributed by atoms with Crippen molar-refractivity contribution < 1.29 is 13.2 Å². The summed E-state index contributed by atoms with van der Waals surface area (Å²) in [6, 6.07) is 14.0. The summed E-state index contributed by atoms with van der Waals surface area (Å²) >= 11 is 6.07. The highest BCUT2D eigenvalue weighted by atomic mass is 35.5. The molecule has 134 valence electrons. The number of anilines is 2. The molecule has 0 heterocycles. The molecule has 0 atom stereocenters. The maximum absolute atomic E-state index is 12.0. The molecular weight excluding hydrogens is 360 g/mol. The van der Waals surface area contributed by atoms with Crippen molar-refractivity contribution in [3.05, 3.63) is 59.1 Å². The second-order valence-corrected chi connectivity index (χ2v) is 7.89. The van der Waals surface area contributed by atoms with E-state index >= 15 is 0 Å². The molecule has 2 aromatic rings. The van der Waals surface area contributed by atoms with Crippen molar-refractivity contribution in [3.8, 4) is 0 Å². The summed E-state index contributed by atoms with van der Waals surface area (Å²) in [6.45, 7) is 1.81. The number of nitrogens with one attached hydrogen (secondary N) is 2. The first kappa shape index (κ1) is 19.3. The van der Waals surface area contributed by atoms with Crippen LogP contribution < -0.4 is 10.0 Å². The standard InChI is InChI=1S/C18H21ClN2O3S/c1-2-13-25(23,24)21-16-10-8-15(9-11-16)20-18(22)12-7-14-5-3-4-6-17(14)19/h3-6,8-11,21H,2,7,12-13H2,1H3,(H,20,22). The molecule has 0 saturated heterocycles. The van der Waals surface area contributed by atoms with Gasteiger partial charge >= 0.3 is 0 Å². The fraction of sp³-hybridized carbons (Fsp3) is 0.278. The minimum absolute atomic E-state index is 0.0769. The van der Waals surface area contributed by atoms with Gasteiger partial charge in [0.1, 0.15) is 0 Å². The third-order valence-corrected chi connectivity index (χ3v) is 5.36. The molecule has 0 radical (unpaired) electrons.